The Labute approximate surface area is 149 Å². The first-order chi connectivity index (χ1) is 11.9. The molecule has 0 bridgehead atoms. The molecule has 1 rings (SSSR count). The van der Waals surface area contributed by atoms with Crippen molar-refractivity contribution in [2.45, 2.75) is 39.5 Å². The zero-order valence-corrected chi connectivity index (χ0v) is 15.8. The van der Waals surface area contributed by atoms with Gasteiger partial charge in [0.05, 0.1) is 0 Å². The molecule has 1 unspecified atom stereocenters. The summed E-state index contributed by atoms with van der Waals surface area (Å²) in [6.07, 6.45) is 1.12. The maximum absolute atomic E-state index is 12.2. The van der Waals surface area contributed by atoms with Gasteiger partial charge in [0.2, 0.25) is 0 Å². The van der Waals surface area contributed by atoms with Crippen molar-refractivity contribution in [3.05, 3.63) is 29.8 Å². The fourth-order valence-corrected chi connectivity index (χ4v) is 2.39. The summed E-state index contributed by atoms with van der Waals surface area (Å²) >= 11 is 0. The highest BCUT2D eigenvalue weighted by atomic mass is 19.3. The van der Waals surface area contributed by atoms with Crippen molar-refractivity contribution >= 4 is 5.96 Å². The molecule has 0 radical (unpaired) electrons. The number of alkyl halides is 2. The Hall–Kier alpha value is -1.89. The van der Waals surface area contributed by atoms with E-state index in [-0.39, 0.29) is 5.75 Å². The van der Waals surface area contributed by atoms with Crippen LogP contribution in [0.1, 0.15) is 25.8 Å². The highest BCUT2D eigenvalue weighted by Gasteiger charge is 2.10. The first-order valence-electron chi connectivity index (χ1n) is 8.53. The molecule has 5 nitrogen and oxygen atoms in total. The first-order valence-corrected chi connectivity index (χ1v) is 8.53. The van der Waals surface area contributed by atoms with Crippen LogP contribution in [0.2, 0.25) is 0 Å². The average molecular weight is 356 g/mol. The van der Waals surface area contributed by atoms with Gasteiger partial charge in [0, 0.05) is 39.8 Å². The van der Waals surface area contributed by atoms with E-state index in [0.717, 1.165) is 31.0 Å². The van der Waals surface area contributed by atoms with E-state index in [1.54, 1.807) is 31.3 Å². The third-order valence-electron chi connectivity index (χ3n) is 4.23. The predicted molar refractivity (Wildman–Crippen MR) is 98.3 cm³/mol. The molecule has 0 spiro atoms. The molecule has 142 valence electrons. The summed E-state index contributed by atoms with van der Waals surface area (Å²) in [4.78, 5) is 8.59. The Morgan fingerprint density at radius 3 is 2.40 bits per heavy atom. The monoisotopic (exact) mass is 356 g/mol. The maximum atomic E-state index is 12.2. The van der Waals surface area contributed by atoms with Gasteiger partial charge in [-0.1, -0.05) is 19.1 Å². The molecule has 25 heavy (non-hydrogen) atoms. The Balaban J connectivity index is 2.49. The Morgan fingerprint density at radius 2 is 1.88 bits per heavy atom. The van der Waals surface area contributed by atoms with Crippen LogP contribution in [0.5, 0.6) is 5.75 Å². The van der Waals surface area contributed by atoms with Crippen LogP contribution in [0, 0.1) is 0 Å². The molecule has 0 aliphatic rings. The van der Waals surface area contributed by atoms with Crippen molar-refractivity contribution in [2.75, 3.05) is 34.2 Å². The fourth-order valence-electron chi connectivity index (χ4n) is 2.39. The van der Waals surface area contributed by atoms with Gasteiger partial charge in [0.1, 0.15) is 5.75 Å². The molecule has 0 amide bonds. The molecule has 0 saturated heterocycles. The lowest BCUT2D eigenvalue weighted by Crippen LogP contribution is -2.42. The normalized spacial score (nSPS) is 13.2. The van der Waals surface area contributed by atoms with Crippen LogP contribution in [0.3, 0.4) is 0 Å². The van der Waals surface area contributed by atoms with Gasteiger partial charge in [-0.15, -0.1) is 0 Å². The fraction of sp³-hybridized carbons (Fsp3) is 0.611. The summed E-state index contributed by atoms with van der Waals surface area (Å²) in [6, 6.07) is 7.20. The molecule has 7 heteroatoms. The number of halogens is 2. The second-order valence-electron chi connectivity index (χ2n) is 6.09. The van der Waals surface area contributed by atoms with Crippen molar-refractivity contribution in [1.82, 2.24) is 15.1 Å². The highest BCUT2D eigenvalue weighted by molar-refractivity contribution is 5.79. The maximum Gasteiger partial charge on any atom is 0.387 e. The lowest BCUT2D eigenvalue weighted by molar-refractivity contribution is -0.0498. The average Bonchev–Trinajstić information content (AvgIpc) is 2.58. The molecule has 0 fully saturated rings. The van der Waals surface area contributed by atoms with Crippen LogP contribution in [-0.4, -0.2) is 62.6 Å². The van der Waals surface area contributed by atoms with E-state index in [4.69, 9.17) is 0 Å². The number of ether oxygens (including phenoxy) is 1. The van der Waals surface area contributed by atoms with Crippen molar-refractivity contribution in [3.8, 4) is 5.75 Å². The topological polar surface area (TPSA) is 40.1 Å². The standard InChI is InChI=1S/C18H30F2N4O/c1-6-14(2)23(4)12-11-22-18(21-3)24(5)13-15-7-9-16(10-8-15)25-17(19)20/h7-10,14,17H,6,11-13H2,1-5H3,(H,21,22). The number of guanidine groups is 1. The number of nitrogens with zero attached hydrogens (tertiary/aromatic N) is 3. The van der Waals surface area contributed by atoms with Crippen molar-refractivity contribution in [2.24, 2.45) is 4.99 Å². The molecule has 1 N–H and O–H groups in total. The van der Waals surface area contributed by atoms with Crippen LogP contribution in [0.15, 0.2) is 29.3 Å². The lowest BCUT2D eigenvalue weighted by Gasteiger charge is -2.26. The Morgan fingerprint density at radius 1 is 1.24 bits per heavy atom. The van der Waals surface area contributed by atoms with Gasteiger partial charge in [-0.2, -0.15) is 8.78 Å². The number of aliphatic imine (C=N–C) groups is 1. The van der Waals surface area contributed by atoms with E-state index in [1.807, 2.05) is 11.9 Å². The molecule has 0 aliphatic heterocycles. The molecule has 1 aromatic carbocycles. The molecule has 1 aromatic rings. The van der Waals surface area contributed by atoms with Crippen LogP contribution >= 0.6 is 0 Å². The summed E-state index contributed by atoms with van der Waals surface area (Å²) in [5.74, 6) is 0.961. The number of nitrogens with one attached hydrogen (secondary N) is 1. The number of rotatable bonds is 9. The van der Waals surface area contributed by atoms with Crippen LogP contribution in [0.4, 0.5) is 8.78 Å². The van der Waals surface area contributed by atoms with E-state index >= 15 is 0 Å². The van der Waals surface area contributed by atoms with Gasteiger partial charge in [-0.25, -0.2) is 0 Å². The quantitative estimate of drug-likeness (QED) is 0.545. The van der Waals surface area contributed by atoms with Gasteiger partial charge < -0.3 is 19.9 Å². The van der Waals surface area contributed by atoms with Gasteiger partial charge in [-0.3, -0.25) is 4.99 Å². The van der Waals surface area contributed by atoms with Crippen molar-refractivity contribution < 1.29 is 13.5 Å². The predicted octanol–water partition coefficient (Wildman–Crippen LogP) is 3.03. The Kier molecular flexibility index (Phi) is 9.20. The number of likely N-dealkylation sites (N-methyl/N-ethyl adjacent to an activating group) is 1. The zero-order chi connectivity index (χ0) is 18.8. The summed E-state index contributed by atoms with van der Waals surface area (Å²) in [7, 11) is 5.80. The minimum absolute atomic E-state index is 0.164. The van der Waals surface area contributed by atoms with Gasteiger partial charge in [0.25, 0.3) is 0 Å². The minimum atomic E-state index is -2.80. The SMILES string of the molecule is CCC(C)N(C)CCNC(=NC)N(C)Cc1ccc(OC(F)F)cc1. The van der Waals surface area contributed by atoms with Gasteiger partial charge >= 0.3 is 6.61 Å². The molecule has 1 atom stereocenters. The zero-order valence-electron chi connectivity index (χ0n) is 15.8. The van der Waals surface area contributed by atoms with Crippen LogP contribution in [0.25, 0.3) is 0 Å². The van der Waals surface area contributed by atoms with Crippen LogP contribution in [-0.2, 0) is 6.54 Å². The van der Waals surface area contributed by atoms with E-state index < -0.39 is 6.61 Å². The molecule has 0 heterocycles. The second-order valence-corrected chi connectivity index (χ2v) is 6.09. The number of hydrogen-bond acceptors (Lipinski definition) is 3. The lowest BCUT2D eigenvalue weighted by atomic mass is 10.2. The van der Waals surface area contributed by atoms with E-state index in [0.29, 0.717) is 12.6 Å². The third kappa shape index (κ3) is 7.69. The number of hydrogen-bond donors (Lipinski definition) is 1. The highest BCUT2D eigenvalue weighted by Crippen LogP contribution is 2.15. The minimum Gasteiger partial charge on any atom is -0.435 e. The van der Waals surface area contributed by atoms with E-state index in [9.17, 15) is 8.78 Å². The summed E-state index contributed by atoms with van der Waals surface area (Å²) in [5.41, 5.74) is 0.990. The van der Waals surface area contributed by atoms with Crippen LogP contribution < -0.4 is 10.1 Å². The molecule has 0 saturated carbocycles. The largest absolute Gasteiger partial charge is 0.435 e. The molecular formula is C18H30F2N4O. The molecule has 0 aromatic heterocycles. The number of benzene rings is 1. The van der Waals surface area contributed by atoms with E-state index in [2.05, 4.69) is 40.8 Å². The molecule has 0 aliphatic carbocycles. The van der Waals surface area contributed by atoms with Gasteiger partial charge in [-0.05, 0) is 38.1 Å². The smallest absolute Gasteiger partial charge is 0.387 e. The van der Waals surface area contributed by atoms with Gasteiger partial charge in [0.15, 0.2) is 5.96 Å². The third-order valence-corrected chi connectivity index (χ3v) is 4.23. The van der Waals surface area contributed by atoms with E-state index in [1.165, 1.54) is 0 Å². The molecular weight excluding hydrogens is 326 g/mol. The van der Waals surface area contributed by atoms with Crippen molar-refractivity contribution in [3.63, 3.8) is 0 Å². The summed E-state index contributed by atoms with van der Waals surface area (Å²) < 4.78 is 28.7. The first kappa shape index (κ1) is 21.2. The van der Waals surface area contributed by atoms with Crippen molar-refractivity contribution in [1.29, 1.82) is 0 Å². The summed E-state index contributed by atoms with van der Waals surface area (Å²) in [6.45, 7) is 3.95. The Bertz CT molecular complexity index is 522. The second kappa shape index (κ2) is 10.9. The summed E-state index contributed by atoms with van der Waals surface area (Å²) in [5, 5.41) is 3.35.